The van der Waals surface area contributed by atoms with Crippen LogP contribution in [0.3, 0.4) is 0 Å². The minimum Gasteiger partial charge on any atom is -0.505 e. The summed E-state index contributed by atoms with van der Waals surface area (Å²) < 4.78 is 5.06. The van der Waals surface area contributed by atoms with Crippen molar-refractivity contribution in [3.63, 3.8) is 0 Å². The molecule has 0 saturated heterocycles. The molecular formula is C18H16ClN3O3. The van der Waals surface area contributed by atoms with E-state index in [0.29, 0.717) is 32.9 Å². The van der Waals surface area contributed by atoms with Gasteiger partial charge >= 0.3 is 0 Å². The Balaban J connectivity index is 2.17. The van der Waals surface area contributed by atoms with Gasteiger partial charge in [-0.15, -0.1) is 0 Å². The van der Waals surface area contributed by atoms with Gasteiger partial charge in [0.15, 0.2) is 0 Å². The van der Waals surface area contributed by atoms with Crippen molar-refractivity contribution in [2.24, 2.45) is 0 Å². The van der Waals surface area contributed by atoms with E-state index in [1.54, 1.807) is 42.7 Å². The molecule has 0 aliphatic carbocycles. The van der Waals surface area contributed by atoms with E-state index in [2.05, 4.69) is 15.3 Å². The second-order valence-corrected chi connectivity index (χ2v) is 5.87. The largest absolute Gasteiger partial charge is 0.505 e. The maximum atomic E-state index is 11.7. The number of amides is 1. The number of halogens is 1. The van der Waals surface area contributed by atoms with Crippen molar-refractivity contribution in [1.82, 2.24) is 15.3 Å². The molecule has 0 aliphatic rings. The van der Waals surface area contributed by atoms with Crippen molar-refractivity contribution in [2.75, 3.05) is 7.11 Å². The van der Waals surface area contributed by atoms with E-state index in [1.807, 2.05) is 0 Å². The first-order valence-corrected chi connectivity index (χ1v) is 7.92. The van der Waals surface area contributed by atoms with Crippen LogP contribution >= 0.6 is 11.6 Å². The number of hydrogen-bond acceptors (Lipinski definition) is 5. The molecule has 0 spiro atoms. The first-order valence-electron chi connectivity index (χ1n) is 7.54. The van der Waals surface area contributed by atoms with Gasteiger partial charge in [-0.25, -0.2) is 4.98 Å². The fourth-order valence-electron chi connectivity index (χ4n) is 2.65. The zero-order valence-electron chi connectivity index (χ0n) is 13.7. The predicted octanol–water partition coefficient (Wildman–Crippen LogP) is 3.22. The molecule has 1 atom stereocenters. The van der Waals surface area contributed by atoms with Gasteiger partial charge in [0.2, 0.25) is 11.8 Å². The Morgan fingerprint density at radius 2 is 2.12 bits per heavy atom. The summed E-state index contributed by atoms with van der Waals surface area (Å²) in [5.41, 5.74) is 1.50. The van der Waals surface area contributed by atoms with Crippen molar-refractivity contribution in [2.45, 2.75) is 13.0 Å². The number of aromatic hydroxyl groups is 1. The number of phenols is 1. The lowest BCUT2D eigenvalue weighted by Crippen LogP contribution is -2.27. The summed E-state index contributed by atoms with van der Waals surface area (Å²) >= 11 is 6.35. The van der Waals surface area contributed by atoms with Crippen LogP contribution in [0, 0.1) is 0 Å². The maximum Gasteiger partial charge on any atom is 0.217 e. The molecule has 0 radical (unpaired) electrons. The first-order chi connectivity index (χ1) is 12.0. The van der Waals surface area contributed by atoms with E-state index < -0.39 is 6.04 Å². The Morgan fingerprint density at radius 1 is 1.32 bits per heavy atom. The van der Waals surface area contributed by atoms with Gasteiger partial charge in [0.1, 0.15) is 11.3 Å². The zero-order chi connectivity index (χ0) is 18.0. The SMILES string of the molecule is COc1ccc(C(NC(C)=O)c2cc(Cl)c3cccnc3c2O)cn1. The number of aromatic nitrogens is 2. The summed E-state index contributed by atoms with van der Waals surface area (Å²) in [6, 6.07) is 7.97. The molecule has 1 amide bonds. The highest BCUT2D eigenvalue weighted by atomic mass is 35.5. The summed E-state index contributed by atoms with van der Waals surface area (Å²) in [7, 11) is 1.52. The first kappa shape index (κ1) is 17.0. The van der Waals surface area contributed by atoms with Crippen LogP contribution in [0.5, 0.6) is 11.6 Å². The van der Waals surface area contributed by atoms with Gasteiger partial charge in [-0.1, -0.05) is 11.6 Å². The summed E-state index contributed by atoms with van der Waals surface area (Å²) in [4.78, 5) is 20.1. The average molecular weight is 358 g/mol. The Hall–Kier alpha value is -2.86. The predicted molar refractivity (Wildman–Crippen MR) is 94.9 cm³/mol. The third-order valence-corrected chi connectivity index (χ3v) is 4.12. The van der Waals surface area contributed by atoms with Gasteiger partial charge in [0, 0.05) is 36.3 Å². The number of carbonyl (C=O) groups excluding carboxylic acids is 1. The van der Waals surface area contributed by atoms with Gasteiger partial charge in [0.05, 0.1) is 18.2 Å². The molecule has 6 nitrogen and oxygen atoms in total. The number of nitrogens with one attached hydrogen (secondary N) is 1. The standard InChI is InChI=1S/C18H16ClN3O3/c1-10(23)22-16(11-5-6-15(25-2)21-9-11)13-8-14(19)12-4-3-7-20-17(12)18(13)24/h3-9,16,24H,1-2H3,(H,22,23). The fourth-order valence-corrected chi connectivity index (χ4v) is 2.92. The van der Waals surface area contributed by atoms with Crippen LogP contribution in [-0.4, -0.2) is 28.1 Å². The molecular weight excluding hydrogens is 342 g/mol. The number of carbonyl (C=O) groups is 1. The lowest BCUT2D eigenvalue weighted by molar-refractivity contribution is -0.119. The number of methoxy groups -OCH3 is 1. The summed E-state index contributed by atoms with van der Waals surface area (Å²) in [6.07, 6.45) is 3.15. The van der Waals surface area contributed by atoms with E-state index in [0.717, 1.165) is 0 Å². The van der Waals surface area contributed by atoms with Crippen LogP contribution in [0.25, 0.3) is 10.9 Å². The van der Waals surface area contributed by atoms with Crippen LogP contribution in [0.1, 0.15) is 24.1 Å². The van der Waals surface area contributed by atoms with E-state index in [1.165, 1.54) is 14.0 Å². The Labute approximate surface area is 149 Å². The number of ether oxygens (including phenoxy) is 1. The smallest absolute Gasteiger partial charge is 0.217 e. The van der Waals surface area contributed by atoms with Gasteiger partial charge in [-0.2, -0.15) is 0 Å². The van der Waals surface area contributed by atoms with Crippen molar-refractivity contribution in [3.8, 4) is 11.6 Å². The second-order valence-electron chi connectivity index (χ2n) is 5.46. The normalized spacial score (nSPS) is 12.0. The van der Waals surface area contributed by atoms with Crippen molar-refractivity contribution in [3.05, 3.63) is 58.9 Å². The molecule has 0 aliphatic heterocycles. The Bertz CT molecular complexity index is 929. The van der Waals surface area contributed by atoms with Crippen LogP contribution in [0.2, 0.25) is 5.02 Å². The maximum absolute atomic E-state index is 11.7. The molecule has 2 N–H and O–H groups in total. The lowest BCUT2D eigenvalue weighted by Gasteiger charge is -2.21. The minimum absolute atomic E-state index is 0.0328. The number of phenolic OH excluding ortho intramolecular Hbond substituents is 1. The number of fused-ring (bicyclic) bond motifs is 1. The van der Waals surface area contributed by atoms with Gasteiger partial charge in [0.25, 0.3) is 0 Å². The highest BCUT2D eigenvalue weighted by molar-refractivity contribution is 6.35. The monoisotopic (exact) mass is 357 g/mol. The quantitative estimate of drug-likeness (QED) is 0.749. The molecule has 3 rings (SSSR count). The van der Waals surface area contributed by atoms with Crippen LogP contribution < -0.4 is 10.1 Å². The molecule has 0 saturated carbocycles. The molecule has 7 heteroatoms. The summed E-state index contributed by atoms with van der Waals surface area (Å²) in [5.74, 6) is 0.166. The topological polar surface area (TPSA) is 84.3 Å². The molecule has 128 valence electrons. The highest BCUT2D eigenvalue weighted by Gasteiger charge is 2.22. The number of rotatable bonds is 4. The Morgan fingerprint density at radius 3 is 2.76 bits per heavy atom. The molecule has 3 aromatic rings. The summed E-state index contributed by atoms with van der Waals surface area (Å²) in [5, 5.41) is 14.6. The van der Waals surface area contributed by atoms with E-state index in [9.17, 15) is 9.90 Å². The third kappa shape index (κ3) is 3.34. The molecule has 2 heterocycles. The van der Waals surface area contributed by atoms with Crippen molar-refractivity contribution >= 4 is 28.4 Å². The second kappa shape index (κ2) is 6.94. The van der Waals surface area contributed by atoms with Crippen LogP contribution in [-0.2, 0) is 4.79 Å². The molecule has 0 bridgehead atoms. The van der Waals surface area contributed by atoms with Crippen LogP contribution in [0.4, 0.5) is 0 Å². The van der Waals surface area contributed by atoms with Gasteiger partial charge in [-0.3, -0.25) is 9.78 Å². The molecule has 25 heavy (non-hydrogen) atoms. The lowest BCUT2D eigenvalue weighted by atomic mass is 9.97. The highest BCUT2D eigenvalue weighted by Crippen LogP contribution is 2.38. The fraction of sp³-hybridized carbons (Fsp3) is 0.167. The molecule has 0 fully saturated rings. The number of hydrogen-bond donors (Lipinski definition) is 2. The van der Waals surface area contributed by atoms with E-state index in [4.69, 9.17) is 16.3 Å². The molecule has 2 aromatic heterocycles. The average Bonchev–Trinajstić information content (AvgIpc) is 2.63. The van der Waals surface area contributed by atoms with Crippen LogP contribution in [0.15, 0.2) is 42.7 Å². The van der Waals surface area contributed by atoms with Gasteiger partial charge in [-0.05, 0) is 29.8 Å². The zero-order valence-corrected chi connectivity index (χ0v) is 14.4. The number of benzene rings is 1. The Kier molecular flexibility index (Phi) is 4.72. The van der Waals surface area contributed by atoms with E-state index in [-0.39, 0.29) is 11.7 Å². The molecule has 1 unspecified atom stereocenters. The number of nitrogens with zero attached hydrogens (tertiary/aromatic N) is 2. The van der Waals surface area contributed by atoms with Crippen molar-refractivity contribution in [1.29, 1.82) is 0 Å². The van der Waals surface area contributed by atoms with Gasteiger partial charge < -0.3 is 15.2 Å². The summed E-state index contributed by atoms with van der Waals surface area (Å²) in [6.45, 7) is 1.40. The molecule has 1 aromatic carbocycles. The third-order valence-electron chi connectivity index (χ3n) is 3.81. The minimum atomic E-state index is -0.625. The number of pyridine rings is 2. The van der Waals surface area contributed by atoms with Crippen molar-refractivity contribution < 1.29 is 14.6 Å². The van der Waals surface area contributed by atoms with E-state index >= 15 is 0 Å².